The van der Waals surface area contributed by atoms with Crippen LogP contribution in [0.3, 0.4) is 0 Å². The molecular formula is C53H40. The van der Waals surface area contributed by atoms with Crippen molar-refractivity contribution in [1.29, 1.82) is 0 Å². The van der Waals surface area contributed by atoms with Gasteiger partial charge >= 0.3 is 0 Å². The fourth-order valence-corrected chi connectivity index (χ4v) is 7.86. The molecule has 0 radical (unpaired) electrons. The van der Waals surface area contributed by atoms with Crippen LogP contribution in [0.2, 0.25) is 0 Å². The first kappa shape index (κ1) is 33.4. The summed E-state index contributed by atoms with van der Waals surface area (Å²) in [6.45, 7) is 19.3. The maximum absolute atomic E-state index is 4.30. The van der Waals surface area contributed by atoms with Crippen LogP contribution in [0.5, 0.6) is 0 Å². The molecule has 8 aromatic carbocycles. The molecule has 0 N–H and O–H groups in total. The van der Waals surface area contributed by atoms with Gasteiger partial charge in [0.15, 0.2) is 0 Å². The second kappa shape index (κ2) is 14.1. The highest BCUT2D eigenvalue weighted by Gasteiger charge is 2.20. The molecule has 0 nitrogen and oxygen atoms in total. The Kier molecular flexibility index (Phi) is 8.88. The Bertz CT molecular complexity index is 2720. The van der Waals surface area contributed by atoms with Crippen LogP contribution in [0.25, 0.3) is 101 Å². The minimum absolute atomic E-state index is 1.05. The topological polar surface area (TPSA) is 0 Å². The number of fused-ring (bicyclic) bond motifs is 2. The fourth-order valence-electron chi connectivity index (χ4n) is 7.86. The molecule has 0 aliphatic rings. The van der Waals surface area contributed by atoms with Gasteiger partial charge in [-0.3, -0.25) is 0 Å². The van der Waals surface area contributed by atoms with E-state index in [9.17, 15) is 0 Å². The second-order valence-corrected chi connectivity index (χ2v) is 13.5. The lowest BCUT2D eigenvalue weighted by Crippen LogP contribution is -1.99. The van der Waals surface area contributed by atoms with E-state index in [0.29, 0.717) is 0 Å². The van der Waals surface area contributed by atoms with Gasteiger partial charge in [-0.25, -0.2) is 0 Å². The fraction of sp³-hybridized carbons (Fsp3) is 0.0189. The maximum atomic E-state index is 4.30. The standard InChI is InChI=1S/C53H40/c1-6-46-47(7-2)51(31-30-50(46)40-24-18-38(19-25-40)44-28-22-36-14-10-12-16-42(36)33-44)53-35(5)32-52(48(8-3)49(53)9-4)41-26-20-39(21-27-41)45-29-23-37-15-11-13-17-43(37)34-45/h6-34H,1-4H2,5H3. The van der Waals surface area contributed by atoms with E-state index in [1.54, 1.807) is 0 Å². The van der Waals surface area contributed by atoms with Crippen molar-refractivity contribution in [2.24, 2.45) is 0 Å². The average molecular weight is 677 g/mol. The molecule has 0 heterocycles. The minimum Gasteiger partial charge on any atom is -0.0984 e. The van der Waals surface area contributed by atoms with Crippen LogP contribution < -0.4 is 0 Å². The molecule has 8 rings (SSSR count). The van der Waals surface area contributed by atoms with Crippen molar-refractivity contribution in [2.75, 3.05) is 0 Å². The Morgan fingerprint density at radius 2 is 0.698 bits per heavy atom. The van der Waals surface area contributed by atoms with E-state index < -0.39 is 0 Å². The summed E-state index contributed by atoms with van der Waals surface area (Å²) < 4.78 is 0. The summed E-state index contributed by atoms with van der Waals surface area (Å²) in [4.78, 5) is 0. The van der Waals surface area contributed by atoms with Gasteiger partial charge in [0.25, 0.3) is 0 Å². The van der Waals surface area contributed by atoms with E-state index in [2.05, 4.69) is 185 Å². The zero-order valence-corrected chi connectivity index (χ0v) is 30.1. The van der Waals surface area contributed by atoms with Crippen LogP contribution in [0, 0.1) is 6.92 Å². The zero-order valence-electron chi connectivity index (χ0n) is 30.1. The highest BCUT2D eigenvalue weighted by molar-refractivity contribution is 5.96. The van der Waals surface area contributed by atoms with E-state index >= 15 is 0 Å². The summed E-state index contributed by atoms with van der Waals surface area (Å²) in [5, 5.41) is 4.98. The quantitative estimate of drug-likeness (QED) is 0.143. The summed E-state index contributed by atoms with van der Waals surface area (Å²) in [6, 6.07) is 54.6. The SMILES string of the molecule is C=Cc1c(-c2ccc(-c3ccc4ccccc4c3)cc2)ccc(-c2c(C)cc(-c3ccc(-c4ccc5ccccc5c4)cc3)c(C=C)c2C=C)c1C=C. The van der Waals surface area contributed by atoms with Crippen molar-refractivity contribution in [2.45, 2.75) is 6.92 Å². The minimum atomic E-state index is 1.05. The molecule has 0 fully saturated rings. The van der Waals surface area contributed by atoms with Crippen LogP contribution >= 0.6 is 0 Å². The number of rotatable bonds is 9. The first-order chi connectivity index (χ1) is 26.0. The van der Waals surface area contributed by atoms with Gasteiger partial charge in [0.2, 0.25) is 0 Å². The van der Waals surface area contributed by atoms with Crippen LogP contribution in [0.1, 0.15) is 27.8 Å². The molecule has 0 heteroatoms. The first-order valence-corrected chi connectivity index (χ1v) is 18.0. The molecule has 252 valence electrons. The summed E-state index contributed by atoms with van der Waals surface area (Å²) >= 11 is 0. The molecule has 0 saturated heterocycles. The number of benzene rings is 8. The lowest BCUT2D eigenvalue weighted by Gasteiger charge is -2.22. The molecule has 0 spiro atoms. The van der Waals surface area contributed by atoms with Crippen molar-refractivity contribution in [1.82, 2.24) is 0 Å². The van der Waals surface area contributed by atoms with Crippen LogP contribution in [-0.4, -0.2) is 0 Å². The molecule has 0 aromatic heterocycles. The zero-order chi connectivity index (χ0) is 36.5. The Labute approximate surface area is 313 Å². The Hall–Kier alpha value is -6.76. The van der Waals surface area contributed by atoms with Crippen molar-refractivity contribution in [3.63, 3.8) is 0 Å². The van der Waals surface area contributed by atoms with E-state index in [1.165, 1.54) is 43.8 Å². The summed E-state index contributed by atoms with van der Waals surface area (Å²) in [5.41, 5.74) is 16.9. The van der Waals surface area contributed by atoms with Gasteiger partial charge in [-0.15, -0.1) is 0 Å². The van der Waals surface area contributed by atoms with Crippen molar-refractivity contribution >= 4 is 45.8 Å². The van der Waals surface area contributed by atoms with Crippen molar-refractivity contribution < 1.29 is 0 Å². The third kappa shape index (κ3) is 6.05. The molecule has 0 unspecified atom stereocenters. The van der Waals surface area contributed by atoms with Crippen molar-refractivity contribution in [3.8, 4) is 55.6 Å². The van der Waals surface area contributed by atoms with Gasteiger partial charge in [0.05, 0.1) is 0 Å². The molecule has 0 amide bonds. The monoisotopic (exact) mass is 676 g/mol. The third-order valence-electron chi connectivity index (χ3n) is 10.5. The number of aryl methyl sites for hydroxylation is 1. The predicted octanol–water partition coefficient (Wildman–Crippen LogP) is 15.2. The predicted molar refractivity (Wildman–Crippen MR) is 234 cm³/mol. The molecule has 8 aromatic rings. The molecular weight excluding hydrogens is 637 g/mol. The lowest BCUT2D eigenvalue weighted by atomic mass is 9.82. The van der Waals surface area contributed by atoms with Gasteiger partial charge in [0.1, 0.15) is 0 Å². The lowest BCUT2D eigenvalue weighted by molar-refractivity contribution is 1.42. The van der Waals surface area contributed by atoms with Crippen molar-refractivity contribution in [3.05, 3.63) is 206 Å². The Morgan fingerprint density at radius 1 is 0.321 bits per heavy atom. The van der Waals surface area contributed by atoms with Crippen LogP contribution in [0.4, 0.5) is 0 Å². The normalized spacial score (nSPS) is 11.0. The summed E-state index contributed by atoms with van der Waals surface area (Å²) in [6.07, 6.45) is 7.83. The van der Waals surface area contributed by atoms with Crippen LogP contribution in [-0.2, 0) is 0 Å². The summed E-state index contributed by atoms with van der Waals surface area (Å²) in [5.74, 6) is 0. The third-order valence-corrected chi connectivity index (χ3v) is 10.5. The molecule has 0 aliphatic heterocycles. The molecule has 53 heavy (non-hydrogen) atoms. The number of hydrogen-bond acceptors (Lipinski definition) is 0. The van der Waals surface area contributed by atoms with Gasteiger partial charge in [-0.1, -0.05) is 190 Å². The molecule has 0 atom stereocenters. The van der Waals surface area contributed by atoms with E-state index in [1.807, 2.05) is 24.3 Å². The smallest absolute Gasteiger partial charge is 0.00697 e. The Morgan fingerprint density at radius 3 is 1.19 bits per heavy atom. The second-order valence-electron chi connectivity index (χ2n) is 13.5. The first-order valence-electron chi connectivity index (χ1n) is 18.0. The van der Waals surface area contributed by atoms with Gasteiger partial charge in [-0.05, 0) is 124 Å². The molecule has 0 saturated carbocycles. The largest absolute Gasteiger partial charge is 0.0984 e. The Balaban J connectivity index is 1.17. The van der Waals surface area contributed by atoms with Gasteiger partial charge in [0, 0.05) is 0 Å². The maximum Gasteiger partial charge on any atom is -0.00697 e. The van der Waals surface area contributed by atoms with Gasteiger partial charge < -0.3 is 0 Å². The van der Waals surface area contributed by atoms with E-state index in [0.717, 1.165) is 61.2 Å². The summed E-state index contributed by atoms with van der Waals surface area (Å²) in [7, 11) is 0. The average Bonchev–Trinajstić information content (AvgIpc) is 3.22. The van der Waals surface area contributed by atoms with Gasteiger partial charge in [-0.2, -0.15) is 0 Å². The molecule has 0 aliphatic carbocycles. The highest BCUT2D eigenvalue weighted by atomic mass is 14.2. The van der Waals surface area contributed by atoms with E-state index in [-0.39, 0.29) is 0 Å². The van der Waals surface area contributed by atoms with E-state index in [4.69, 9.17) is 0 Å². The van der Waals surface area contributed by atoms with Crippen LogP contribution in [0.15, 0.2) is 178 Å². The molecule has 0 bridgehead atoms. The number of hydrogen-bond donors (Lipinski definition) is 0. The highest BCUT2D eigenvalue weighted by Crippen LogP contribution is 2.43.